The lowest BCUT2D eigenvalue weighted by Crippen LogP contribution is -2.30. The maximum atomic E-state index is 12.7. The quantitative estimate of drug-likeness (QED) is 0.826. The van der Waals surface area contributed by atoms with Gasteiger partial charge in [0.25, 0.3) is 5.91 Å². The number of carbonyl (C=O) groups is 3. The molecule has 27 heavy (non-hydrogen) atoms. The van der Waals surface area contributed by atoms with Crippen molar-refractivity contribution in [3.63, 3.8) is 0 Å². The van der Waals surface area contributed by atoms with Crippen LogP contribution >= 0.6 is 11.6 Å². The highest BCUT2D eigenvalue weighted by Gasteiger charge is 2.24. The van der Waals surface area contributed by atoms with Crippen molar-refractivity contribution in [3.8, 4) is 0 Å². The topological polar surface area (TPSA) is 86.7 Å². The van der Waals surface area contributed by atoms with E-state index in [-0.39, 0.29) is 18.2 Å². The largest absolute Gasteiger partial charge is 0.481 e. The van der Waals surface area contributed by atoms with Crippen LogP contribution in [0.5, 0.6) is 0 Å². The summed E-state index contributed by atoms with van der Waals surface area (Å²) in [5.41, 5.74) is 2.85. The van der Waals surface area contributed by atoms with Crippen molar-refractivity contribution >= 4 is 35.1 Å². The van der Waals surface area contributed by atoms with E-state index in [9.17, 15) is 19.5 Å². The first-order valence-electron chi connectivity index (χ1n) is 8.54. The summed E-state index contributed by atoms with van der Waals surface area (Å²) >= 11 is 5.88. The normalized spacial score (nSPS) is 13.8. The molecule has 0 unspecified atom stereocenters. The lowest BCUT2D eigenvalue weighted by molar-refractivity contribution is -0.137. The Morgan fingerprint density at radius 1 is 1.19 bits per heavy atom. The monoisotopic (exact) mass is 386 g/mol. The number of halogens is 1. The molecule has 2 aromatic rings. The Morgan fingerprint density at radius 3 is 2.52 bits per heavy atom. The van der Waals surface area contributed by atoms with Gasteiger partial charge in [-0.15, -0.1) is 0 Å². The molecule has 0 saturated carbocycles. The van der Waals surface area contributed by atoms with Crippen LogP contribution in [0.1, 0.15) is 40.9 Å². The van der Waals surface area contributed by atoms with Gasteiger partial charge in [0.2, 0.25) is 5.91 Å². The molecule has 0 fully saturated rings. The van der Waals surface area contributed by atoms with Gasteiger partial charge in [-0.25, -0.2) is 0 Å². The average molecular weight is 387 g/mol. The third-order valence-corrected chi connectivity index (χ3v) is 4.83. The molecule has 0 bridgehead atoms. The lowest BCUT2D eigenvalue weighted by atomic mass is 10.0. The Balaban J connectivity index is 1.81. The fourth-order valence-corrected chi connectivity index (χ4v) is 3.36. The summed E-state index contributed by atoms with van der Waals surface area (Å²) in [6.45, 7) is 2.11. The Bertz CT molecular complexity index is 895. The number of nitrogens with one attached hydrogen (secondary N) is 1. The number of benzene rings is 2. The third kappa shape index (κ3) is 4.28. The minimum atomic E-state index is -1.01. The lowest BCUT2D eigenvalue weighted by Gasteiger charge is -2.18. The van der Waals surface area contributed by atoms with Gasteiger partial charge in [-0.3, -0.25) is 14.4 Å². The van der Waals surface area contributed by atoms with Gasteiger partial charge in [0.05, 0.1) is 12.5 Å². The van der Waals surface area contributed by atoms with Crippen LogP contribution in [0.2, 0.25) is 5.02 Å². The number of carboxylic acid groups (broad SMARTS) is 1. The van der Waals surface area contributed by atoms with Crippen molar-refractivity contribution in [2.24, 2.45) is 0 Å². The van der Waals surface area contributed by atoms with Gasteiger partial charge < -0.3 is 15.3 Å². The van der Waals surface area contributed by atoms with E-state index in [2.05, 4.69) is 5.32 Å². The molecule has 6 nitrogen and oxygen atoms in total. The van der Waals surface area contributed by atoms with E-state index < -0.39 is 12.0 Å². The second kappa shape index (κ2) is 7.80. The fraction of sp³-hybridized carbons (Fsp3) is 0.250. The van der Waals surface area contributed by atoms with Crippen molar-refractivity contribution in [2.75, 3.05) is 11.4 Å². The molecule has 0 aromatic heterocycles. The highest BCUT2D eigenvalue weighted by atomic mass is 35.5. The van der Waals surface area contributed by atoms with Gasteiger partial charge in [-0.1, -0.05) is 23.7 Å². The number of hydrogen-bond donors (Lipinski definition) is 2. The van der Waals surface area contributed by atoms with E-state index in [0.717, 1.165) is 11.3 Å². The third-order valence-electron chi connectivity index (χ3n) is 4.57. The molecule has 1 heterocycles. The first kappa shape index (κ1) is 18.9. The van der Waals surface area contributed by atoms with Gasteiger partial charge in [-0.2, -0.15) is 0 Å². The van der Waals surface area contributed by atoms with E-state index in [1.807, 2.05) is 0 Å². The number of fused-ring (bicyclic) bond motifs is 1. The van der Waals surface area contributed by atoms with Gasteiger partial charge in [-0.05, 0) is 47.9 Å². The van der Waals surface area contributed by atoms with Gasteiger partial charge in [0.1, 0.15) is 0 Å². The minimum absolute atomic E-state index is 0.0322. The second-order valence-electron chi connectivity index (χ2n) is 6.44. The molecular formula is C20H19ClN2O4. The number of amides is 2. The van der Waals surface area contributed by atoms with E-state index >= 15 is 0 Å². The Kier molecular flexibility index (Phi) is 5.46. The van der Waals surface area contributed by atoms with E-state index in [4.69, 9.17) is 11.6 Å². The highest BCUT2D eigenvalue weighted by Crippen LogP contribution is 2.29. The summed E-state index contributed by atoms with van der Waals surface area (Å²) in [5.74, 6) is -1.41. The number of rotatable bonds is 5. The molecule has 2 N–H and O–H groups in total. The van der Waals surface area contributed by atoms with Crippen LogP contribution in [0.15, 0.2) is 42.5 Å². The smallest absolute Gasteiger partial charge is 0.305 e. The van der Waals surface area contributed by atoms with Crippen LogP contribution in [-0.2, 0) is 16.0 Å². The Hall–Kier alpha value is -2.86. The van der Waals surface area contributed by atoms with Gasteiger partial charge in [0, 0.05) is 29.7 Å². The summed E-state index contributed by atoms with van der Waals surface area (Å²) in [4.78, 5) is 37.2. The molecule has 3 rings (SSSR count). The predicted octanol–water partition coefficient (Wildman–Crippen LogP) is 3.19. The highest BCUT2D eigenvalue weighted by molar-refractivity contribution is 6.30. The molecule has 1 aliphatic heterocycles. The number of nitrogens with zero attached hydrogens (tertiary/aromatic N) is 1. The number of anilines is 1. The van der Waals surface area contributed by atoms with Crippen LogP contribution < -0.4 is 10.2 Å². The molecule has 1 aliphatic rings. The van der Waals surface area contributed by atoms with Crippen LogP contribution in [-0.4, -0.2) is 29.4 Å². The molecule has 7 heteroatoms. The summed E-state index contributed by atoms with van der Waals surface area (Å²) in [7, 11) is 0. The predicted molar refractivity (Wildman–Crippen MR) is 102 cm³/mol. The maximum Gasteiger partial charge on any atom is 0.305 e. The number of hydrogen-bond acceptors (Lipinski definition) is 3. The standard InChI is InChI=1S/C20H19ClN2O4/c1-12(24)23-9-8-14-10-15(4-7-18(14)23)20(27)22-17(11-19(25)26)13-2-5-16(21)6-3-13/h2-7,10,17H,8-9,11H2,1H3,(H,22,27)(H,25,26)/t17-/m0/s1. The zero-order valence-electron chi connectivity index (χ0n) is 14.7. The Labute approximate surface area is 161 Å². The molecular weight excluding hydrogens is 368 g/mol. The first-order chi connectivity index (χ1) is 12.8. The van der Waals surface area contributed by atoms with Crippen molar-refractivity contribution in [1.82, 2.24) is 5.32 Å². The second-order valence-corrected chi connectivity index (χ2v) is 6.88. The Morgan fingerprint density at radius 2 is 1.89 bits per heavy atom. The molecule has 2 aromatic carbocycles. The molecule has 140 valence electrons. The van der Waals surface area contributed by atoms with Crippen LogP contribution in [0.3, 0.4) is 0 Å². The maximum absolute atomic E-state index is 12.7. The number of carbonyl (C=O) groups excluding carboxylic acids is 2. The molecule has 0 saturated heterocycles. The summed E-state index contributed by atoms with van der Waals surface area (Å²) in [6, 6.07) is 11.2. The SMILES string of the molecule is CC(=O)N1CCc2cc(C(=O)N[C@@H](CC(=O)O)c3ccc(Cl)cc3)ccc21. The molecule has 0 spiro atoms. The summed E-state index contributed by atoms with van der Waals surface area (Å²) in [6.07, 6.45) is 0.447. The zero-order valence-corrected chi connectivity index (χ0v) is 15.5. The number of aliphatic carboxylic acids is 1. The molecule has 0 aliphatic carbocycles. The van der Waals surface area contributed by atoms with Crippen molar-refractivity contribution in [2.45, 2.75) is 25.8 Å². The van der Waals surface area contributed by atoms with Crippen LogP contribution in [0, 0.1) is 0 Å². The van der Waals surface area contributed by atoms with Crippen molar-refractivity contribution in [3.05, 3.63) is 64.2 Å². The van der Waals surface area contributed by atoms with Crippen LogP contribution in [0.4, 0.5) is 5.69 Å². The average Bonchev–Trinajstić information content (AvgIpc) is 3.04. The van der Waals surface area contributed by atoms with Crippen molar-refractivity contribution < 1.29 is 19.5 Å². The van der Waals surface area contributed by atoms with Gasteiger partial charge in [0.15, 0.2) is 0 Å². The van der Waals surface area contributed by atoms with E-state index in [1.54, 1.807) is 47.4 Å². The fourth-order valence-electron chi connectivity index (χ4n) is 3.23. The molecule has 2 amide bonds. The number of carboxylic acids is 1. The van der Waals surface area contributed by atoms with E-state index in [1.165, 1.54) is 6.92 Å². The molecule has 1 atom stereocenters. The molecule has 0 radical (unpaired) electrons. The van der Waals surface area contributed by atoms with Crippen LogP contribution in [0.25, 0.3) is 0 Å². The van der Waals surface area contributed by atoms with Gasteiger partial charge >= 0.3 is 5.97 Å². The van der Waals surface area contributed by atoms with Crippen molar-refractivity contribution in [1.29, 1.82) is 0 Å². The summed E-state index contributed by atoms with van der Waals surface area (Å²) < 4.78 is 0. The first-order valence-corrected chi connectivity index (χ1v) is 8.92. The summed E-state index contributed by atoms with van der Waals surface area (Å²) in [5, 5.41) is 12.5. The minimum Gasteiger partial charge on any atom is -0.481 e. The zero-order chi connectivity index (χ0) is 19.6. The van der Waals surface area contributed by atoms with E-state index in [0.29, 0.717) is 29.1 Å².